The number of nitrogens with one attached hydrogen (secondary N) is 1. The number of hydrogen-bond acceptors (Lipinski definition) is 7. The van der Waals surface area contributed by atoms with Crippen molar-refractivity contribution in [3.8, 4) is 17.2 Å². The SMILES string of the molecule is C[C@@H](c1nnc(SCC(=O)Nc2ccc3c(c2)OC(F)(F)O3)n1-c1ccc(Cl)cc1)N(C)C. The van der Waals surface area contributed by atoms with Crippen LogP contribution in [-0.2, 0) is 4.79 Å². The highest BCUT2D eigenvalue weighted by Gasteiger charge is 2.43. The Morgan fingerprint density at radius 2 is 1.88 bits per heavy atom. The van der Waals surface area contributed by atoms with Gasteiger partial charge in [0.25, 0.3) is 0 Å². The number of carbonyl (C=O) groups is 1. The zero-order chi connectivity index (χ0) is 23.8. The number of thioether (sulfide) groups is 1. The number of benzene rings is 2. The number of ether oxygens (including phenoxy) is 2. The molecule has 0 fully saturated rings. The summed E-state index contributed by atoms with van der Waals surface area (Å²) >= 11 is 7.23. The molecule has 1 aliphatic rings. The lowest BCUT2D eigenvalue weighted by Gasteiger charge is -2.20. The van der Waals surface area contributed by atoms with Gasteiger partial charge in [0.1, 0.15) is 0 Å². The van der Waals surface area contributed by atoms with Crippen molar-refractivity contribution in [3.05, 3.63) is 53.3 Å². The Bertz CT molecular complexity index is 1170. The molecule has 33 heavy (non-hydrogen) atoms. The van der Waals surface area contributed by atoms with E-state index >= 15 is 0 Å². The molecule has 0 unspecified atom stereocenters. The fraction of sp³-hybridized carbons (Fsp3) is 0.286. The summed E-state index contributed by atoms with van der Waals surface area (Å²) in [5.74, 6) is 0.147. The Morgan fingerprint density at radius 3 is 2.58 bits per heavy atom. The number of hydrogen-bond donors (Lipinski definition) is 1. The summed E-state index contributed by atoms with van der Waals surface area (Å²) in [5, 5.41) is 12.4. The Morgan fingerprint density at radius 1 is 1.18 bits per heavy atom. The van der Waals surface area contributed by atoms with Gasteiger partial charge in [-0.15, -0.1) is 19.0 Å². The zero-order valence-corrected chi connectivity index (χ0v) is 19.5. The van der Waals surface area contributed by atoms with Gasteiger partial charge in [-0.2, -0.15) is 0 Å². The maximum absolute atomic E-state index is 13.2. The second-order valence-electron chi connectivity index (χ2n) is 7.46. The average molecular weight is 496 g/mol. The molecular weight excluding hydrogens is 476 g/mol. The molecule has 4 rings (SSSR count). The smallest absolute Gasteiger partial charge is 0.395 e. The predicted molar refractivity (Wildman–Crippen MR) is 120 cm³/mol. The molecule has 8 nitrogen and oxygen atoms in total. The van der Waals surface area contributed by atoms with Gasteiger partial charge < -0.3 is 14.8 Å². The molecule has 174 valence electrons. The molecule has 0 spiro atoms. The number of aromatic nitrogens is 3. The number of fused-ring (bicyclic) bond motifs is 1. The predicted octanol–water partition coefficient (Wildman–Crippen LogP) is 4.60. The van der Waals surface area contributed by atoms with Gasteiger partial charge in [0.15, 0.2) is 22.5 Å². The van der Waals surface area contributed by atoms with E-state index in [9.17, 15) is 13.6 Å². The molecule has 1 amide bonds. The molecule has 0 bridgehead atoms. The second kappa shape index (κ2) is 9.16. The third-order valence-corrected chi connectivity index (χ3v) is 6.09. The Kier molecular flexibility index (Phi) is 6.46. The van der Waals surface area contributed by atoms with E-state index in [1.54, 1.807) is 12.1 Å². The van der Waals surface area contributed by atoms with Crippen LogP contribution in [0.2, 0.25) is 5.02 Å². The van der Waals surface area contributed by atoms with E-state index in [2.05, 4.69) is 25.0 Å². The van der Waals surface area contributed by atoms with Crippen LogP contribution in [0.4, 0.5) is 14.5 Å². The summed E-state index contributed by atoms with van der Waals surface area (Å²) in [7, 11) is 3.88. The number of halogens is 3. The largest absolute Gasteiger partial charge is 0.586 e. The van der Waals surface area contributed by atoms with Gasteiger partial charge in [0.05, 0.1) is 11.8 Å². The van der Waals surface area contributed by atoms with Crippen LogP contribution in [0.1, 0.15) is 18.8 Å². The van der Waals surface area contributed by atoms with Gasteiger partial charge >= 0.3 is 6.29 Å². The number of nitrogens with zero attached hydrogens (tertiary/aromatic N) is 4. The number of alkyl halides is 2. The Labute approximate surface area is 197 Å². The van der Waals surface area contributed by atoms with E-state index in [4.69, 9.17) is 11.6 Å². The van der Waals surface area contributed by atoms with E-state index < -0.39 is 6.29 Å². The van der Waals surface area contributed by atoms with E-state index in [0.717, 1.165) is 5.69 Å². The van der Waals surface area contributed by atoms with Gasteiger partial charge in [-0.3, -0.25) is 14.3 Å². The quantitative estimate of drug-likeness (QED) is 0.480. The van der Waals surface area contributed by atoms with Crippen molar-refractivity contribution >= 4 is 35.0 Å². The number of amides is 1. The van der Waals surface area contributed by atoms with Gasteiger partial charge in [-0.1, -0.05) is 23.4 Å². The molecule has 0 saturated heterocycles. The molecule has 1 atom stereocenters. The lowest BCUT2D eigenvalue weighted by Crippen LogP contribution is -2.25. The molecular formula is C21H20ClF2N5O3S. The van der Waals surface area contributed by atoms with Gasteiger partial charge in [0.2, 0.25) is 5.91 Å². The first-order chi connectivity index (χ1) is 15.6. The van der Waals surface area contributed by atoms with Crippen molar-refractivity contribution in [2.24, 2.45) is 0 Å². The molecule has 12 heteroatoms. The number of carbonyl (C=O) groups excluding carboxylic acids is 1. The van der Waals surface area contributed by atoms with Gasteiger partial charge in [-0.25, -0.2) is 0 Å². The lowest BCUT2D eigenvalue weighted by molar-refractivity contribution is -0.286. The molecule has 0 aliphatic carbocycles. The normalized spacial score (nSPS) is 15.0. The fourth-order valence-corrected chi connectivity index (χ4v) is 3.95. The standard InChI is InChI=1S/C21H20ClF2N5O3S/c1-12(28(2)3)19-26-27-20(29(19)15-7-4-13(22)5-8-15)33-11-18(30)25-14-6-9-16-17(10-14)32-21(23,24)31-16/h4-10,12H,11H2,1-3H3,(H,25,30)/t12-/m0/s1. The lowest BCUT2D eigenvalue weighted by atomic mass is 10.2. The molecule has 1 N–H and O–H groups in total. The minimum Gasteiger partial charge on any atom is -0.395 e. The van der Waals surface area contributed by atoms with Crippen LogP contribution in [0, 0.1) is 0 Å². The van der Waals surface area contributed by atoms with Crippen LogP contribution < -0.4 is 14.8 Å². The van der Waals surface area contributed by atoms with Crippen LogP contribution in [-0.4, -0.2) is 51.7 Å². The average Bonchev–Trinajstić information content (AvgIpc) is 3.31. The van der Waals surface area contributed by atoms with Crippen molar-refractivity contribution in [1.82, 2.24) is 19.7 Å². The topological polar surface area (TPSA) is 81.5 Å². The first-order valence-electron chi connectivity index (χ1n) is 9.83. The second-order valence-corrected chi connectivity index (χ2v) is 8.84. The molecule has 1 aromatic heterocycles. The highest BCUT2D eigenvalue weighted by atomic mass is 35.5. The van der Waals surface area contributed by atoms with Crippen LogP contribution in [0.5, 0.6) is 11.5 Å². The van der Waals surface area contributed by atoms with E-state index in [0.29, 0.717) is 21.7 Å². The third-order valence-electron chi connectivity index (χ3n) is 4.91. The summed E-state index contributed by atoms with van der Waals surface area (Å²) in [4.78, 5) is 14.5. The summed E-state index contributed by atoms with van der Waals surface area (Å²) < 4.78 is 37.0. The summed E-state index contributed by atoms with van der Waals surface area (Å²) in [6.07, 6.45) is -3.71. The molecule has 2 heterocycles. The van der Waals surface area contributed by atoms with E-state index in [1.807, 2.05) is 42.6 Å². The number of anilines is 1. The van der Waals surface area contributed by atoms with Crippen LogP contribution in [0.3, 0.4) is 0 Å². The molecule has 0 radical (unpaired) electrons. The molecule has 3 aromatic rings. The minimum atomic E-state index is -3.71. The van der Waals surface area contributed by atoms with E-state index in [-0.39, 0.29) is 29.2 Å². The first kappa shape index (κ1) is 23.3. The van der Waals surface area contributed by atoms with Crippen LogP contribution in [0.25, 0.3) is 5.69 Å². The molecule has 2 aromatic carbocycles. The van der Waals surface area contributed by atoms with E-state index in [1.165, 1.54) is 30.0 Å². The maximum Gasteiger partial charge on any atom is 0.586 e. The Hall–Kier alpha value is -2.89. The first-order valence-corrected chi connectivity index (χ1v) is 11.2. The fourth-order valence-electron chi connectivity index (χ4n) is 3.06. The summed E-state index contributed by atoms with van der Waals surface area (Å²) in [6, 6.07) is 11.3. The van der Waals surface area contributed by atoms with Crippen LogP contribution in [0.15, 0.2) is 47.6 Å². The maximum atomic E-state index is 13.2. The monoisotopic (exact) mass is 495 g/mol. The highest BCUT2D eigenvalue weighted by Crippen LogP contribution is 2.42. The summed E-state index contributed by atoms with van der Waals surface area (Å²) in [5.41, 5.74) is 1.12. The molecule has 1 aliphatic heterocycles. The van der Waals surface area contributed by atoms with Crippen LogP contribution >= 0.6 is 23.4 Å². The van der Waals surface area contributed by atoms with Crippen molar-refractivity contribution in [2.75, 3.05) is 25.2 Å². The third kappa shape index (κ3) is 5.21. The van der Waals surface area contributed by atoms with Crippen molar-refractivity contribution in [3.63, 3.8) is 0 Å². The van der Waals surface area contributed by atoms with Crippen molar-refractivity contribution < 1.29 is 23.0 Å². The van der Waals surface area contributed by atoms with Crippen molar-refractivity contribution in [1.29, 1.82) is 0 Å². The van der Waals surface area contributed by atoms with Crippen molar-refractivity contribution in [2.45, 2.75) is 24.4 Å². The molecule has 0 saturated carbocycles. The zero-order valence-electron chi connectivity index (χ0n) is 17.9. The van der Waals surface area contributed by atoms with Gasteiger partial charge in [0, 0.05) is 22.5 Å². The minimum absolute atomic E-state index is 0.0205. The highest BCUT2D eigenvalue weighted by molar-refractivity contribution is 7.99. The Balaban J connectivity index is 1.49. The summed E-state index contributed by atoms with van der Waals surface area (Å²) in [6.45, 7) is 2.00. The van der Waals surface area contributed by atoms with Gasteiger partial charge in [-0.05, 0) is 57.4 Å². The number of rotatable bonds is 7.